The first kappa shape index (κ1) is 21.3. The van der Waals surface area contributed by atoms with Crippen LogP contribution in [-0.4, -0.2) is 21.6 Å². The Labute approximate surface area is 188 Å². The van der Waals surface area contributed by atoms with Crippen molar-refractivity contribution in [3.05, 3.63) is 75.4 Å². The molecule has 158 valence electrons. The van der Waals surface area contributed by atoms with E-state index in [0.29, 0.717) is 21.3 Å². The first-order valence-electron chi connectivity index (χ1n) is 10.0. The summed E-state index contributed by atoms with van der Waals surface area (Å²) in [7, 11) is 0. The van der Waals surface area contributed by atoms with Crippen LogP contribution in [0.3, 0.4) is 0 Å². The predicted octanol–water partition coefficient (Wildman–Crippen LogP) is 5.81. The minimum absolute atomic E-state index is 0.132. The van der Waals surface area contributed by atoms with E-state index >= 15 is 0 Å². The molecular weight excluding hydrogens is 426 g/mol. The van der Waals surface area contributed by atoms with Crippen LogP contribution in [0.2, 0.25) is 0 Å². The molecule has 0 spiro atoms. The lowest BCUT2D eigenvalue weighted by Gasteiger charge is -2.13. The maximum absolute atomic E-state index is 12.8. The van der Waals surface area contributed by atoms with E-state index in [-0.39, 0.29) is 17.2 Å². The fraction of sp³-hybridized carbons (Fsp3) is 0.208. The molecule has 0 aliphatic rings. The molecular formula is C24H23N3O2S2. The molecule has 0 bridgehead atoms. The second kappa shape index (κ2) is 9.08. The summed E-state index contributed by atoms with van der Waals surface area (Å²) in [5, 5.41) is 5.96. The standard InChI is InChI=1S/C24H23N3O2S2/c1-14(2)17-6-4-5-7-19(17)25-20(28)13-31-24-26-22(29)21-18(12-30-23(21)27-24)16-10-8-15(3)9-11-16/h4-12,14H,13H2,1-3H3,(H,25,28)(H,26,27,29). The molecule has 5 nitrogen and oxygen atoms in total. The summed E-state index contributed by atoms with van der Waals surface area (Å²) in [5.74, 6) is 0.343. The van der Waals surface area contributed by atoms with Crippen LogP contribution in [0.15, 0.2) is 63.9 Å². The van der Waals surface area contributed by atoms with Gasteiger partial charge >= 0.3 is 0 Å². The van der Waals surface area contributed by atoms with E-state index in [9.17, 15) is 9.59 Å². The molecule has 0 fully saturated rings. The van der Waals surface area contributed by atoms with Gasteiger partial charge in [0, 0.05) is 16.6 Å². The Kier molecular flexibility index (Phi) is 6.25. The highest BCUT2D eigenvalue weighted by molar-refractivity contribution is 7.99. The number of aryl methyl sites for hydroxylation is 1. The molecule has 4 aromatic rings. The molecule has 31 heavy (non-hydrogen) atoms. The van der Waals surface area contributed by atoms with E-state index in [1.165, 1.54) is 28.7 Å². The Balaban J connectivity index is 1.50. The minimum atomic E-state index is -0.185. The molecule has 0 saturated heterocycles. The number of anilines is 1. The maximum atomic E-state index is 12.8. The van der Waals surface area contributed by atoms with Gasteiger partial charge in [-0.25, -0.2) is 4.98 Å². The number of fused-ring (bicyclic) bond motifs is 1. The number of rotatable bonds is 6. The molecule has 0 aliphatic carbocycles. The molecule has 0 radical (unpaired) electrons. The topological polar surface area (TPSA) is 74.8 Å². The van der Waals surface area contributed by atoms with Crippen molar-refractivity contribution in [1.82, 2.24) is 9.97 Å². The van der Waals surface area contributed by atoms with Crippen LogP contribution in [0.1, 0.15) is 30.9 Å². The number of thioether (sulfide) groups is 1. The molecule has 0 aliphatic heterocycles. The third-order valence-corrected chi connectivity index (χ3v) is 6.73. The number of nitrogens with zero attached hydrogens (tertiary/aromatic N) is 1. The fourth-order valence-corrected chi connectivity index (χ4v) is 5.04. The number of benzene rings is 2. The largest absolute Gasteiger partial charge is 0.325 e. The Morgan fingerprint density at radius 2 is 1.90 bits per heavy atom. The first-order valence-corrected chi connectivity index (χ1v) is 11.9. The summed E-state index contributed by atoms with van der Waals surface area (Å²) in [4.78, 5) is 33.3. The van der Waals surface area contributed by atoms with Gasteiger partial charge in [-0.2, -0.15) is 0 Å². The van der Waals surface area contributed by atoms with Crippen molar-refractivity contribution in [2.75, 3.05) is 11.1 Å². The van der Waals surface area contributed by atoms with Gasteiger partial charge in [0.1, 0.15) is 4.83 Å². The van der Waals surface area contributed by atoms with Crippen molar-refractivity contribution in [2.45, 2.75) is 31.8 Å². The highest BCUT2D eigenvalue weighted by Gasteiger charge is 2.15. The van der Waals surface area contributed by atoms with Crippen LogP contribution in [0.5, 0.6) is 0 Å². The van der Waals surface area contributed by atoms with E-state index in [4.69, 9.17) is 0 Å². The fourth-order valence-electron chi connectivity index (χ4n) is 3.38. The number of hydrogen-bond acceptors (Lipinski definition) is 5. The van der Waals surface area contributed by atoms with Crippen molar-refractivity contribution in [3.8, 4) is 11.1 Å². The zero-order chi connectivity index (χ0) is 22.0. The van der Waals surface area contributed by atoms with Crippen molar-refractivity contribution in [2.24, 2.45) is 0 Å². The minimum Gasteiger partial charge on any atom is -0.325 e. The third-order valence-electron chi connectivity index (χ3n) is 4.98. The Bertz CT molecular complexity index is 1290. The summed E-state index contributed by atoms with van der Waals surface area (Å²) in [5.41, 5.74) is 4.77. The number of nitrogens with one attached hydrogen (secondary N) is 2. The molecule has 0 atom stereocenters. The predicted molar refractivity (Wildman–Crippen MR) is 130 cm³/mol. The molecule has 2 heterocycles. The zero-order valence-corrected chi connectivity index (χ0v) is 19.2. The van der Waals surface area contributed by atoms with Crippen LogP contribution in [0.25, 0.3) is 21.3 Å². The number of carbonyl (C=O) groups is 1. The molecule has 1 amide bonds. The van der Waals surface area contributed by atoms with Crippen molar-refractivity contribution in [1.29, 1.82) is 0 Å². The number of thiophene rings is 1. The average Bonchev–Trinajstić information content (AvgIpc) is 3.18. The molecule has 2 aromatic carbocycles. The van der Waals surface area contributed by atoms with Gasteiger partial charge in [0.2, 0.25) is 5.91 Å². The third kappa shape index (κ3) is 4.73. The van der Waals surface area contributed by atoms with Crippen molar-refractivity contribution >= 4 is 44.9 Å². The van der Waals surface area contributed by atoms with E-state index in [0.717, 1.165) is 22.4 Å². The van der Waals surface area contributed by atoms with Gasteiger partial charge < -0.3 is 10.3 Å². The number of aromatic nitrogens is 2. The smallest absolute Gasteiger partial charge is 0.260 e. The average molecular weight is 450 g/mol. The number of H-pyrrole nitrogens is 1. The van der Waals surface area contributed by atoms with Crippen molar-refractivity contribution < 1.29 is 4.79 Å². The number of para-hydroxylation sites is 1. The van der Waals surface area contributed by atoms with Gasteiger partial charge in [-0.15, -0.1) is 11.3 Å². The van der Waals surface area contributed by atoms with Gasteiger partial charge in [0.25, 0.3) is 5.56 Å². The first-order chi connectivity index (χ1) is 14.9. The number of aromatic amines is 1. The molecule has 4 rings (SSSR count). The van der Waals surface area contributed by atoms with Crippen LogP contribution >= 0.6 is 23.1 Å². The summed E-state index contributed by atoms with van der Waals surface area (Å²) in [6.07, 6.45) is 0. The van der Waals surface area contributed by atoms with Gasteiger partial charge in [-0.1, -0.05) is 73.6 Å². The number of carbonyl (C=O) groups excluding carboxylic acids is 1. The number of hydrogen-bond donors (Lipinski definition) is 2. The highest BCUT2D eigenvalue weighted by Crippen LogP contribution is 2.31. The molecule has 2 aromatic heterocycles. The molecule has 7 heteroatoms. The summed E-state index contributed by atoms with van der Waals surface area (Å²) < 4.78 is 0. The second-order valence-corrected chi connectivity index (χ2v) is 9.47. The van der Waals surface area contributed by atoms with E-state index < -0.39 is 0 Å². The zero-order valence-electron chi connectivity index (χ0n) is 17.6. The number of amides is 1. The van der Waals surface area contributed by atoms with E-state index in [1.807, 2.05) is 60.8 Å². The van der Waals surface area contributed by atoms with Crippen LogP contribution < -0.4 is 10.9 Å². The molecule has 0 saturated carbocycles. The lowest BCUT2D eigenvalue weighted by molar-refractivity contribution is -0.113. The maximum Gasteiger partial charge on any atom is 0.260 e. The van der Waals surface area contributed by atoms with Crippen LogP contribution in [-0.2, 0) is 4.79 Å². The quantitative estimate of drug-likeness (QED) is 0.288. The van der Waals surface area contributed by atoms with Gasteiger partial charge in [-0.05, 0) is 30.0 Å². The van der Waals surface area contributed by atoms with Crippen molar-refractivity contribution in [3.63, 3.8) is 0 Å². The summed E-state index contributed by atoms with van der Waals surface area (Å²) in [6.45, 7) is 6.22. The Morgan fingerprint density at radius 1 is 1.16 bits per heavy atom. The van der Waals surface area contributed by atoms with Crippen LogP contribution in [0.4, 0.5) is 5.69 Å². The van der Waals surface area contributed by atoms with E-state index in [1.54, 1.807) is 0 Å². The molecule has 2 N–H and O–H groups in total. The summed E-state index contributed by atoms with van der Waals surface area (Å²) in [6, 6.07) is 15.9. The lowest BCUT2D eigenvalue weighted by Crippen LogP contribution is -2.16. The molecule has 0 unspecified atom stereocenters. The monoisotopic (exact) mass is 449 g/mol. The highest BCUT2D eigenvalue weighted by atomic mass is 32.2. The van der Waals surface area contributed by atoms with Crippen LogP contribution in [0, 0.1) is 6.92 Å². The van der Waals surface area contributed by atoms with Gasteiger partial charge in [-0.3, -0.25) is 9.59 Å². The Hall–Kier alpha value is -2.90. The lowest BCUT2D eigenvalue weighted by atomic mass is 10.0. The normalized spacial score (nSPS) is 11.2. The van der Waals surface area contributed by atoms with Gasteiger partial charge in [0.15, 0.2) is 5.16 Å². The SMILES string of the molecule is Cc1ccc(-c2csc3nc(SCC(=O)Nc4ccccc4C(C)C)[nH]c(=O)c23)cc1. The van der Waals surface area contributed by atoms with Gasteiger partial charge in [0.05, 0.1) is 11.1 Å². The van der Waals surface area contributed by atoms with E-state index in [2.05, 4.69) is 29.1 Å². The summed E-state index contributed by atoms with van der Waals surface area (Å²) >= 11 is 2.66. The second-order valence-electron chi connectivity index (χ2n) is 7.65. The Morgan fingerprint density at radius 3 is 2.65 bits per heavy atom.